The normalized spacial score (nSPS) is 23.7. The van der Waals surface area contributed by atoms with Gasteiger partial charge in [0.15, 0.2) is 0 Å². The van der Waals surface area contributed by atoms with E-state index in [4.69, 9.17) is 0 Å². The molecule has 4 atom stereocenters. The van der Waals surface area contributed by atoms with Gasteiger partial charge < -0.3 is 5.32 Å². The third-order valence-corrected chi connectivity index (χ3v) is 6.43. The predicted octanol–water partition coefficient (Wildman–Crippen LogP) is 2.95. The lowest BCUT2D eigenvalue weighted by atomic mass is 9.66. The molecule has 1 N–H and O–H groups in total. The van der Waals surface area contributed by atoms with E-state index in [0.29, 0.717) is 28.3 Å². The first-order valence-corrected chi connectivity index (χ1v) is 9.64. The molecule has 7 nitrogen and oxygen atoms in total. The standard InChI is InChI=1S/C24H12N5O2/c25-7-11(8-26)16(9-27)21-17(10-28)20-12-3-1-5-14-18(12)19-13(22(20)29-21)4-2-6-15(19)24(31)23(14)30/h1-6,11,16-17,20,22,29H/q-1. The number of nitrogens with zero attached hydrogens (tertiary/aromatic N) is 4. The molecule has 0 aromatic heterocycles. The molecule has 4 unspecified atom stereocenters. The topological polar surface area (TPSA) is 141 Å². The van der Waals surface area contributed by atoms with Crippen molar-refractivity contribution in [1.29, 1.82) is 21.0 Å². The summed E-state index contributed by atoms with van der Waals surface area (Å²) < 4.78 is 0. The molecule has 0 saturated carbocycles. The highest BCUT2D eigenvalue weighted by Crippen LogP contribution is 2.58. The average molecular weight is 402 g/mol. The van der Waals surface area contributed by atoms with Crippen LogP contribution in [0.3, 0.4) is 0 Å². The van der Waals surface area contributed by atoms with Crippen molar-refractivity contribution in [3.05, 3.63) is 64.7 Å². The van der Waals surface area contributed by atoms with Crippen LogP contribution in [-0.2, 0) is 0 Å². The van der Waals surface area contributed by atoms with E-state index < -0.39 is 41.3 Å². The number of hydrogen-bond donors (Lipinski definition) is 1. The second kappa shape index (κ2) is 6.61. The van der Waals surface area contributed by atoms with Crippen molar-refractivity contribution in [2.75, 3.05) is 0 Å². The largest absolute Gasteiger partial charge is 0.458 e. The van der Waals surface area contributed by atoms with Gasteiger partial charge in [-0.15, -0.1) is 0 Å². The maximum absolute atomic E-state index is 12.7. The smallest absolute Gasteiger partial charge is 0.234 e. The van der Waals surface area contributed by atoms with Gasteiger partial charge in [0.1, 0.15) is 5.92 Å². The highest BCUT2D eigenvalue weighted by molar-refractivity contribution is 6.53. The monoisotopic (exact) mass is 402 g/mol. The summed E-state index contributed by atoms with van der Waals surface area (Å²) in [4.78, 5) is 25.5. The van der Waals surface area contributed by atoms with Crippen molar-refractivity contribution in [1.82, 2.24) is 5.32 Å². The Hall–Kier alpha value is -4.30. The van der Waals surface area contributed by atoms with E-state index in [1.807, 2.05) is 30.3 Å². The molecule has 0 amide bonds. The van der Waals surface area contributed by atoms with Crippen LogP contribution >= 0.6 is 0 Å². The minimum Gasteiger partial charge on any atom is -0.458 e. The fourth-order valence-corrected chi connectivity index (χ4v) is 5.17. The van der Waals surface area contributed by atoms with E-state index in [-0.39, 0.29) is 0 Å². The van der Waals surface area contributed by atoms with E-state index in [9.17, 15) is 30.6 Å². The molecular formula is C24H12N5O2-. The molecule has 0 bridgehead atoms. The number of ketones is 2. The Morgan fingerprint density at radius 2 is 1.42 bits per heavy atom. The van der Waals surface area contributed by atoms with Gasteiger partial charge in [-0.1, -0.05) is 42.3 Å². The maximum Gasteiger partial charge on any atom is 0.234 e. The van der Waals surface area contributed by atoms with Gasteiger partial charge in [-0.3, -0.25) is 9.59 Å². The summed E-state index contributed by atoms with van der Waals surface area (Å²) in [5.41, 5.74) is 3.49. The molecule has 7 heteroatoms. The summed E-state index contributed by atoms with van der Waals surface area (Å²) in [5.74, 6) is -4.66. The van der Waals surface area contributed by atoms with Gasteiger partial charge in [-0.2, -0.15) is 10.5 Å². The summed E-state index contributed by atoms with van der Waals surface area (Å²) in [5, 5.41) is 41.7. The van der Waals surface area contributed by atoms with Gasteiger partial charge in [0.25, 0.3) is 0 Å². The molecule has 2 aromatic rings. The first kappa shape index (κ1) is 18.7. The van der Waals surface area contributed by atoms with Crippen LogP contribution < -0.4 is 5.32 Å². The van der Waals surface area contributed by atoms with Crippen molar-refractivity contribution < 1.29 is 9.59 Å². The number of hydrogen-bond acceptors (Lipinski definition) is 7. The van der Waals surface area contributed by atoms with Gasteiger partial charge in [0.05, 0.1) is 12.1 Å². The summed E-state index contributed by atoms with van der Waals surface area (Å²) in [7, 11) is 0. The van der Waals surface area contributed by atoms with E-state index >= 15 is 0 Å². The summed E-state index contributed by atoms with van der Waals surface area (Å²) in [6.07, 6.45) is 0. The molecule has 3 aliphatic rings. The lowest BCUT2D eigenvalue weighted by Crippen LogP contribution is -2.31. The molecule has 31 heavy (non-hydrogen) atoms. The molecule has 2 aliphatic carbocycles. The summed E-state index contributed by atoms with van der Waals surface area (Å²) in [6, 6.07) is 18.2. The number of Topliss-reactive ketones (excluding diaryl/α,β-unsaturated/α-hetero) is 2. The number of benzene rings is 2. The fraction of sp³-hybridized carbons (Fsp3) is 0.208. The molecule has 0 spiro atoms. The quantitative estimate of drug-likeness (QED) is 0.601. The molecule has 1 fully saturated rings. The molecule has 0 radical (unpaired) electrons. The van der Waals surface area contributed by atoms with Crippen LogP contribution in [0.2, 0.25) is 0 Å². The van der Waals surface area contributed by atoms with E-state index in [1.165, 1.54) is 0 Å². The Balaban J connectivity index is 1.76. The van der Waals surface area contributed by atoms with E-state index in [0.717, 1.165) is 11.1 Å². The summed E-state index contributed by atoms with van der Waals surface area (Å²) in [6.45, 7) is 0. The summed E-state index contributed by atoms with van der Waals surface area (Å²) >= 11 is 0. The van der Waals surface area contributed by atoms with Crippen LogP contribution in [0.4, 0.5) is 0 Å². The van der Waals surface area contributed by atoms with Gasteiger partial charge in [-0.05, 0) is 34.1 Å². The van der Waals surface area contributed by atoms with Crippen LogP contribution in [0.5, 0.6) is 0 Å². The lowest BCUT2D eigenvalue weighted by molar-refractivity contribution is 0.0815. The minimum absolute atomic E-state index is 0.315. The maximum atomic E-state index is 12.7. The number of carbonyl (C=O) groups is 2. The second-order valence-electron chi connectivity index (χ2n) is 7.75. The van der Waals surface area contributed by atoms with Crippen LogP contribution in [0, 0.1) is 69.1 Å². The van der Waals surface area contributed by atoms with Gasteiger partial charge in [0.2, 0.25) is 11.6 Å². The number of carbonyl (C=O) groups excluding carboxylic acids is 2. The first-order valence-electron chi connectivity index (χ1n) is 9.64. The van der Waals surface area contributed by atoms with Crippen LogP contribution in [0.25, 0.3) is 11.1 Å². The van der Waals surface area contributed by atoms with Crippen LogP contribution in [0.15, 0.2) is 36.4 Å². The Bertz CT molecular complexity index is 1340. The third-order valence-electron chi connectivity index (χ3n) is 6.43. The zero-order valence-electron chi connectivity index (χ0n) is 16.0. The SMILES string of the molecule is N#CC(C#N)C(C#N)[C-]1NC2c3cccc4c3-c3c(cccc3C2C1C#N)C(=O)C4=O. The highest BCUT2D eigenvalue weighted by Gasteiger charge is 2.47. The Morgan fingerprint density at radius 3 is 1.97 bits per heavy atom. The zero-order chi connectivity index (χ0) is 21.9. The number of nitrogens with one attached hydrogen (secondary N) is 1. The molecule has 2 aromatic carbocycles. The molecule has 1 aliphatic heterocycles. The fourth-order valence-electron chi connectivity index (χ4n) is 5.17. The average Bonchev–Trinajstić information content (AvgIpc) is 3.19. The van der Waals surface area contributed by atoms with Crippen LogP contribution in [-0.4, -0.2) is 11.6 Å². The van der Waals surface area contributed by atoms with Gasteiger partial charge >= 0.3 is 0 Å². The number of rotatable bonds is 2. The van der Waals surface area contributed by atoms with Gasteiger partial charge in [-0.25, -0.2) is 16.6 Å². The van der Waals surface area contributed by atoms with E-state index in [1.54, 1.807) is 24.3 Å². The van der Waals surface area contributed by atoms with Gasteiger partial charge in [0, 0.05) is 29.3 Å². The molecule has 146 valence electrons. The van der Waals surface area contributed by atoms with Crippen molar-refractivity contribution >= 4 is 11.6 Å². The van der Waals surface area contributed by atoms with E-state index in [2.05, 4.69) is 11.4 Å². The first-order chi connectivity index (χ1) is 15.1. The molecule has 1 heterocycles. The number of fused-ring (bicyclic) bond motifs is 3. The number of nitriles is 4. The Kier molecular flexibility index (Phi) is 3.99. The second-order valence-corrected chi connectivity index (χ2v) is 7.75. The highest BCUT2D eigenvalue weighted by atomic mass is 16.2. The van der Waals surface area contributed by atoms with Crippen LogP contribution in [0.1, 0.15) is 43.8 Å². The van der Waals surface area contributed by atoms with Crippen molar-refractivity contribution in [2.24, 2.45) is 17.8 Å². The Morgan fingerprint density at radius 1 is 0.839 bits per heavy atom. The lowest BCUT2D eigenvalue weighted by Gasteiger charge is -2.37. The molecule has 5 rings (SSSR count). The predicted molar refractivity (Wildman–Crippen MR) is 105 cm³/mol. The van der Waals surface area contributed by atoms with Crippen molar-refractivity contribution in [2.45, 2.75) is 12.0 Å². The molecule has 1 saturated heterocycles. The third kappa shape index (κ3) is 2.27. The van der Waals surface area contributed by atoms with Crippen molar-refractivity contribution in [3.8, 4) is 35.4 Å². The van der Waals surface area contributed by atoms with Crippen molar-refractivity contribution in [3.63, 3.8) is 0 Å². The minimum atomic E-state index is -1.22. The zero-order valence-corrected chi connectivity index (χ0v) is 16.0. The molecular weight excluding hydrogens is 390 g/mol. The Labute approximate surface area is 177 Å².